The number of thiazole rings is 1. The molecule has 1 amide bonds. The molecule has 0 bridgehead atoms. The van der Waals surface area contributed by atoms with Crippen molar-refractivity contribution in [3.63, 3.8) is 0 Å². The molecule has 0 saturated carbocycles. The molecule has 1 aromatic heterocycles. The molecule has 0 unspecified atom stereocenters. The lowest BCUT2D eigenvalue weighted by Crippen LogP contribution is -2.46. The Balaban J connectivity index is 2.11. The zero-order valence-corrected chi connectivity index (χ0v) is 9.57. The second kappa shape index (κ2) is 4.61. The standard InChI is InChI=1S/C9H10F3N3OS/c10-9(11,12)6-5-17-7(14-6)8(16)15-3-1-13-2-4-15/h5,13H,1-4H2. The maximum atomic E-state index is 12.3. The molecule has 0 atom stereocenters. The number of rotatable bonds is 1. The molecule has 1 aliphatic rings. The number of halogens is 3. The Labute approximate surface area is 99.4 Å². The summed E-state index contributed by atoms with van der Waals surface area (Å²) in [7, 11) is 0. The smallest absolute Gasteiger partial charge is 0.334 e. The summed E-state index contributed by atoms with van der Waals surface area (Å²) in [6.45, 7) is 2.31. The minimum Gasteiger partial charge on any atom is -0.334 e. The van der Waals surface area contributed by atoms with Crippen LogP contribution in [0.15, 0.2) is 5.38 Å². The average Bonchev–Trinajstić information content (AvgIpc) is 2.78. The second-order valence-corrected chi connectivity index (χ2v) is 4.44. The van der Waals surface area contributed by atoms with Crippen LogP contribution in [-0.2, 0) is 6.18 Å². The first-order chi connectivity index (χ1) is 7.98. The molecule has 1 aromatic rings. The van der Waals surface area contributed by atoms with E-state index in [1.54, 1.807) is 0 Å². The van der Waals surface area contributed by atoms with E-state index < -0.39 is 17.8 Å². The van der Waals surface area contributed by atoms with Crippen LogP contribution in [-0.4, -0.2) is 42.0 Å². The molecule has 2 rings (SSSR count). The Bertz CT molecular complexity index is 412. The van der Waals surface area contributed by atoms with Crippen LogP contribution in [0.25, 0.3) is 0 Å². The second-order valence-electron chi connectivity index (χ2n) is 3.58. The van der Waals surface area contributed by atoms with Gasteiger partial charge in [0, 0.05) is 31.6 Å². The van der Waals surface area contributed by atoms with E-state index in [2.05, 4.69) is 10.3 Å². The zero-order valence-electron chi connectivity index (χ0n) is 8.75. The van der Waals surface area contributed by atoms with Crippen molar-refractivity contribution in [2.24, 2.45) is 0 Å². The summed E-state index contributed by atoms with van der Waals surface area (Å²) in [5.74, 6) is -0.424. The predicted octanol–water partition coefficient (Wildman–Crippen LogP) is 1.21. The Morgan fingerprint density at radius 1 is 1.41 bits per heavy atom. The topological polar surface area (TPSA) is 45.2 Å². The molecule has 1 N–H and O–H groups in total. The molecule has 1 fully saturated rings. The van der Waals surface area contributed by atoms with Crippen LogP contribution in [0, 0.1) is 0 Å². The highest BCUT2D eigenvalue weighted by molar-refractivity contribution is 7.11. The summed E-state index contributed by atoms with van der Waals surface area (Å²) >= 11 is 0.735. The fourth-order valence-electron chi connectivity index (χ4n) is 1.51. The van der Waals surface area contributed by atoms with Crippen LogP contribution in [0.1, 0.15) is 15.5 Å². The summed E-state index contributed by atoms with van der Waals surface area (Å²) in [4.78, 5) is 16.7. The van der Waals surface area contributed by atoms with E-state index >= 15 is 0 Å². The third kappa shape index (κ3) is 2.75. The van der Waals surface area contributed by atoms with Crippen molar-refractivity contribution in [3.8, 4) is 0 Å². The van der Waals surface area contributed by atoms with E-state index in [4.69, 9.17) is 0 Å². The number of nitrogens with zero attached hydrogens (tertiary/aromatic N) is 2. The lowest BCUT2D eigenvalue weighted by molar-refractivity contribution is -0.140. The van der Waals surface area contributed by atoms with Gasteiger partial charge in [-0.1, -0.05) is 0 Å². The first kappa shape index (κ1) is 12.3. The SMILES string of the molecule is O=C(c1nc(C(F)(F)F)cs1)N1CCNCC1. The van der Waals surface area contributed by atoms with Crippen molar-refractivity contribution < 1.29 is 18.0 Å². The van der Waals surface area contributed by atoms with Crippen molar-refractivity contribution in [3.05, 3.63) is 16.1 Å². The molecule has 2 heterocycles. The molecule has 0 aliphatic carbocycles. The minimum atomic E-state index is -4.49. The van der Waals surface area contributed by atoms with Crippen LogP contribution in [0.4, 0.5) is 13.2 Å². The number of aromatic nitrogens is 1. The molecule has 94 valence electrons. The number of hydrogen-bond acceptors (Lipinski definition) is 4. The first-order valence-electron chi connectivity index (χ1n) is 5.01. The number of nitrogens with one attached hydrogen (secondary N) is 1. The lowest BCUT2D eigenvalue weighted by atomic mass is 10.3. The molecule has 17 heavy (non-hydrogen) atoms. The van der Waals surface area contributed by atoms with Gasteiger partial charge in [0.15, 0.2) is 10.7 Å². The fraction of sp³-hybridized carbons (Fsp3) is 0.556. The monoisotopic (exact) mass is 265 g/mol. The maximum Gasteiger partial charge on any atom is 0.434 e. The van der Waals surface area contributed by atoms with Crippen molar-refractivity contribution >= 4 is 17.2 Å². The minimum absolute atomic E-state index is 0.0979. The van der Waals surface area contributed by atoms with E-state index in [0.29, 0.717) is 26.2 Å². The van der Waals surface area contributed by atoms with Crippen molar-refractivity contribution in [1.82, 2.24) is 15.2 Å². The summed E-state index contributed by atoms with van der Waals surface area (Å²) in [5.41, 5.74) is -0.999. The fourth-order valence-corrected chi connectivity index (χ4v) is 2.30. The molecule has 1 saturated heterocycles. The molecule has 4 nitrogen and oxygen atoms in total. The maximum absolute atomic E-state index is 12.3. The van der Waals surface area contributed by atoms with Crippen LogP contribution < -0.4 is 5.32 Å². The normalized spacial score (nSPS) is 17.2. The molecule has 0 aromatic carbocycles. The van der Waals surface area contributed by atoms with Gasteiger partial charge < -0.3 is 10.2 Å². The van der Waals surface area contributed by atoms with Crippen molar-refractivity contribution in [2.45, 2.75) is 6.18 Å². The highest BCUT2D eigenvalue weighted by Crippen LogP contribution is 2.30. The Morgan fingerprint density at radius 2 is 2.06 bits per heavy atom. The predicted molar refractivity (Wildman–Crippen MR) is 55.9 cm³/mol. The molecular weight excluding hydrogens is 255 g/mol. The zero-order chi connectivity index (χ0) is 12.5. The van der Waals surface area contributed by atoms with Crippen LogP contribution in [0.5, 0.6) is 0 Å². The molecule has 1 aliphatic heterocycles. The van der Waals surface area contributed by atoms with Gasteiger partial charge in [-0.05, 0) is 0 Å². The number of hydrogen-bond donors (Lipinski definition) is 1. The molecule has 0 radical (unpaired) electrons. The third-order valence-electron chi connectivity index (χ3n) is 2.38. The largest absolute Gasteiger partial charge is 0.434 e. The van der Waals surface area contributed by atoms with E-state index in [-0.39, 0.29) is 5.01 Å². The van der Waals surface area contributed by atoms with Crippen LogP contribution in [0.3, 0.4) is 0 Å². The van der Waals surface area contributed by atoms with Crippen LogP contribution >= 0.6 is 11.3 Å². The number of carbonyl (C=O) groups excluding carboxylic acids is 1. The van der Waals surface area contributed by atoms with Crippen molar-refractivity contribution in [1.29, 1.82) is 0 Å². The quantitative estimate of drug-likeness (QED) is 0.830. The third-order valence-corrected chi connectivity index (χ3v) is 3.21. The molecule has 0 spiro atoms. The molecule has 8 heteroatoms. The number of alkyl halides is 3. The van der Waals surface area contributed by atoms with Crippen LogP contribution in [0.2, 0.25) is 0 Å². The lowest BCUT2D eigenvalue weighted by Gasteiger charge is -2.26. The van der Waals surface area contributed by atoms with Gasteiger partial charge in [0.1, 0.15) is 0 Å². The van der Waals surface area contributed by atoms with E-state index in [1.807, 2.05) is 0 Å². The Kier molecular flexibility index (Phi) is 3.34. The Morgan fingerprint density at radius 3 is 2.59 bits per heavy atom. The van der Waals surface area contributed by atoms with Gasteiger partial charge in [-0.3, -0.25) is 4.79 Å². The first-order valence-corrected chi connectivity index (χ1v) is 5.89. The van der Waals surface area contributed by atoms with Crippen molar-refractivity contribution in [2.75, 3.05) is 26.2 Å². The van der Waals surface area contributed by atoms with Gasteiger partial charge in [0.05, 0.1) is 0 Å². The van der Waals surface area contributed by atoms with Gasteiger partial charge in [0.2, 0.25) is 0 Å². The number of piperazine rings is 1. The van der Waals surface area contributed by atoms with E-state index in [0.717, 1.165) is 16.7 Å². The summed E-state index contributed by atoms with van der Waals surface area (Å²) < 4.78 is 36.9. The number of carbonyl (C=O) groups is 1. The van der Waals surface area contributed by atoms with Gasteiger partial charge >= 0.3 is 6.18 Å². The van der Waals surface area contributed by atoms with Gasteiger partial charge in [-0.2, -0.15) is 13.2 Å². The number of amides is 1. The van der Waals surface area contributed by atoms with E-state index in [1.165, 1.54) is 4.90 Å². The molecular formula is C9H10F3N3OS. The summed E-state index contributed by atoms with van der Waals surface area (Å²) in [6, 6.07) is 0. The summed E-state index contributed by atoms with van der Waals surface area (Å²) in [6.07, 6.45) is -4.49. The van der Waals surface area contributed by atoms with E-state index in [9.17, 15) is 18.0 Å². The van der Waals surface area contributed by atoms with Gasteiger partial charge in [-0.15, -0.1) is 11.3 Å². The highest BCUT2D eigenvalue weighted by atomic mass is 32.1. The Hall–Kier alpha value is -1.15. The van der Waals surface area contributed by atoms with Gasteiger partial charge in [-0.25, -0.2) is 4.98 Å². The summed E-state index contributed by atoms with van der Waals surface area (Å²) in [5, 5.41) is 3.83. The van der Waals surface area contributed by atoms with Gasteiger partial charge in [0.25, 0.3) is 5.91 Å². The highest BCUT2D eigenvalue weighted by Gasteiger charge is 2.35. The average molecular weight is 265 g/mol.